The van der Waals surface area contributed by atoms with Gasteiger partial charge in [-0.25, -0.2) is 0 Å². The van der Waals surface area contributed by atoms with Crippen LogP contribution in [0, 0.1) is 0 Å². The Morgan fingerprint density at radius 2 is 2.18 bits per heavy atom. The van der Waals surface area contributed by atoms with Crippen LogP contribution in [-0.4, -0.2) is 43.6 Å². The molecule has 0 N–H and O–H groups in total. The van der Waals surface area contributed by atoms with Crippen molar-refractivity contribution >= 4 is 11.6 Å². The molecule has 0 radical (unpaired) electrons. The first-order valence-electron chi connectivity index (χ1n) is 7.47. The second kappa shape index (κ2) is 6.13. The van der Waals surface area contributed by atoms with Crippen molar-refractivity contribution in [2.24, 2.45) is 0 Å². The molecule has 2 aromatic rings. The van der Waals surface area contributed by atoms with Gasteiger partial charge in [0, 0.05) is 13.6 Å². The first-order valence-corrected chi connectivity index (χ1v) is 7.47. The summed E-state index contributed by atoms with van der Waals surface area (Å²) in [5.74, 6) is 0.823. The molecule has 1 aromatic carbocycles. The number of furan rings is 1. The van der Waals surface area contributed by atoms with Gasteiger partial charge in [-0.15, -0.1) is 0 Å². The molecule has 0 unspecified atom stereocenters. The van der Waals surface area contributed by atoms with E-state index in [-0.39, 0.29) is 12.0 Å². The summed E-state index contributed by atoms with van der Waals surface area (Å²) < 4.78 is 11.0. The van der Waals surface area contributed by atoms with Crippen LogP contribution in [-0.2, 0) is 0 Å². The summed E-state index contributed by atoms with van der Waals surface area (Å²) >= 11 is 0. The molecule has 5 heteroatoms. The van der Waals surface area contributed by atoms with E-state index in [4.69, 9.17) is 9.15 Å². The third-order valence-corrected chi connectivity index (χ3v) is 3.90. The van der Waals surface area contributed by atoms with Crippen LogP contribution >= 0.6 is 0 Å². The number of benzene rings is 1. The number of hydrogen-bond donors (Lipinski definition) is 0. The van der Waals surface area contributed by atoms with Gasteiger partial charge in [0.15, 0.2) is 0 Å². The van der Waals surface area contributed by atoms with Crippen molar-refractivity contribution in [3.05, 3.63) is 48.4 Å². The zero-order valence-electron chi connectivity index (χ0n) is 12.9. The number of rotatable bonds is 4. The Kier molecular flexibility index (Phi) is 4.04. The second-order valence-electron chi connectivity index (χ2n) is 5.44. The highest BCUT2D eigenvalue weighted by atomic mass is 16.5. The molecule has 22 heavy (non-hydrogen) atoms. The van der Waals surface area contributed by atoms with Gasteiger partial charge >= 0.3 is 0 Å². The van der Waals surface area contributed by atoms with Crippen molar-refractivity contribution in [2.75, 3.05) is 31.6 Å². The molecular formula is C17H20N2O3. The van der Waals surface area contributed by atoms with E-state index >= 15 is 0 Å². The van der Waals surface area contributed by atoms with E-state index < -0.39 is 0 Å². The first-order chi connectivity index (χ1) is 10.7. The number of para-hydroxylation sites is 2. The summed E-state index contributed by atoms with van der Waals surface area (Å²) in [5, 5.41) is 0. The fourth-order valence-electron chi connectivity index (χ4n) is 2.77. The number of fused-ring (bicyclic) bond motifs is 1. The molecule has 1 atom stereocenters. The van der Waals surface area contributed by atoms with Gasteiger partial charge in [0.2, 0.25) is 0 Å². The van der Waals surface area contributed by atoms with Gasteiger partial charge in [-0.1, -0.05) is 12.1 Å². The molecule has 1 aliphatic heterocycles. The molecule has 0 saturated carbocycles. The highest BCUT2D eigenvalue weighted by molar-refractivity contribution is 5.93. The predicted molar refractivity (Wildman–Crippen MR) is 84.4 cm³/mol. The van der Waals surface area contributed by atoms with Gasteiger partial charge in [-0.2, -0.15) is 0 Å². The van der Waals surface area contributed by atoms with Crippen LogP contribution in [0.3, 0.4) is 0 Å². The van der Waals surface area contributed by atoms with Gasteiger partial charge in [0.1, 0.15) is 18.1 Å². The Balaban J connectivity index is 1.70. The minimum absolute atomic E-state index is 0.0456. The van der Waals surface area contributed by atoms with Gasteiger partial charge in [0.25, 0.3) is 5.91 Å². The average Bonchev–Trinajstić information content (AvgIpc) is 3.07. The molecule has 1 amide bonds. The normalized spacial score (nSPS) is 16.8. The van der Waals surface area contributed by atoms with Crippen molar-refractivity contribution < 1.29 is 13.9 Å². The Hall–Kier alpha value is -2.43. The standard InChI is InChI=1S/C17H20N2O3/c1-3-19-11-14(22-16-7-5-4-6-15(16)19)10-18(2)17(20)13-8-9-21-12-13/h4-9,12,14H,3,10-11H2,1-2H3/t14-/m1/s1. The zero-order chi connectivity index (χ0) is 15.5. The number of hydrogen-bond acceptors (Lipinski definition) is 4. The maximum absolute atomic E-state index is 12.3. The molecule has 1 aromatic heterocycles. The third-order valence-electron chi connectivity index (χ3n) is 3.90. The van der Waals surface area contributed by atoms with E-state index in [1.807, 2.05) is 18.2 Å². The van der Waals surface area contributed by atoms with Crippen molar-refractivity contribution in [1.29, 1.82) is 0 Å². The minimum Gasteiger partial charge on any atom is -0.485 e. The topological polar surface area (TPSA) is 45.9 Å². The summed E-state index contributed by atoms with van der Waals surface area (Å²) in [5.41, 5.74) is 1.68. The van der Waals surface area contributed by atoms with Crippen molar-refractivity contribution in [3.63, 3.8) is 0 Å². The molecule has 2 heterocycles. The number of carbonyl (C=O) groups is 1. The number of ether oxygens (including phenoxy) is 1. The van der Waals surface area contributed by atoms with Gasteiger partial charge in [-0.3, -0.25) is 4.79 Å². The molecular weight excluding hydrogens is 280 g/mol. The lowest BCUT2D eigenvalue weighted by Gasteiger charge is -2.37. The number of anilines is 1. The Morgan fingerprint density at radius 3 is 2.91 bits per heavy atom. The zero-order valence-corrected chi connectivity index (χ0v) is 12.9. The van der Waals surface area contributed by atoms with Gasteiger partial charge in [-0.05, 0) is 25.1 Å². The van der Waals surface area contributed by atoms with Crippen LogP contribution in [0.5, 0.6) is 5.75 Å². The lowest BCUT2D eigenvalue weighted by Crippen LogP contribution is -2.46. The third kappa shape index (κ3) is 2.79. The van der Waals surface area contributed by atoms with Gasteiger partial charge < -0.3 is 19.0 Å². The highest BCUT2D eigenvalue weighted by Gasteiger charge is 2.27. The summed E-state index contributed by atoms with van der Waals surface area (Å²) in [4.78, 5) is 16.2. The van der Waals surface area contributed by atoms with Crippen LogP contribution in [0.25, 0.3) is 0 Å². The minimum atomic E-state index is -0.0562. The summed E-state index contributed by atoms with van der Waals surface area (Å²) in [6.45, 7) is 4.35. The van der Waals surface area contributed by atoms with Crippen molar-refractivity contribution in [2.45, 2.75) is 13.0 Å². The van der Waals surface area contributed by atoms with Crippen LogP contribution in [0.1, 0.15) is 17.3 Å². The number of carbonyl (C=O) groups excluding carboxylic acids is 1. The lowest BCUT2D eigenvalue weighted by atomic mass is 10.1. The molecule has 116 valence electrons. The molecule has 1 aliphatic rings. The maximum atomic E-state index is 12.3. The molecule has 3 rings (SSSR count). The van der Waals surface area contributed by atoms with Crippen LogP contribution < -0.4 is 9.64 Å². The van der Waals surface area contributed by atoms with E-state index in [0.717, 1.165) is 24.5 Å². The molecule has 0 bridgehead atoms. The quantitative estimate of drug-likeness (QED) is 0.871. The van der Waals surface area contributed by atoms with E-state index in [9.17, 15) is 4.79 Å². The monoisotopic (exact) mass is 300 g/mol. The van der Waals surface area contributed by atoms with E-state index in [1.54, 1.807) is 18.0 Å². The van der Waals surface area contributed by atoms with Crippen LogP contribution in [0.2, 0.25) is 0 Å². The SMILES string of the molecule is CCN1C[C@@H](CN(C)C(=O)c2ccoc2)Oc2ccccc21. The Labute approximate surface area is 130 Å². The Bertz CT molecular complexity index is 639. The fraction of sp³-hybridized carbons (Fsp3) is 0.353. The second-order valence-corrected chi connectivity index (χ2v) is 5.44. The summed E-state index contributed by atoms with van der Waals surface area (Å²) in [7, 11) is 1.79. The number of nitrogens with zero attached hydrogens (tertiary/aromatic N) is 2. The predicted octanol–water partition coefficient (Wildman–Crippen LogP) is 2.64. The van der Waals surface area contributed by atoms with Crippen LogP contribution in [0.15, 0.2) is 47.3 Å². The van der Waals surface area contributed by atoms with Gasteiger partial charge in [0.05, 0.1) is 30.6 Å². The Morgan fingerprint density at radius 1 is 1.36 bits per heavy atom. The fourth-order valence-corrected chi connectivity index (χ4v) is 2.77. The summed E-state index contributed by atoms with van der Waals surface area (Å²) in [6, 6.07) is 9.70. The largest absolute Gasteiger partial charge is 0.485 e. The number of amides is 1. The van der Waals surface area contributed by atoms with Crippen molar-refractivity contribution in [1.82, 2.24) is 4.90 Å². The molecule has 0 saturated heterocycles. The lowest BCUT2D eigenvalue weighted by molar-refractivity contribution is 0.0709. The van der Waals surface area contributed by atoms with Crippen LogP contribution in [0.4, 0.5) is 5.69 Å². The van der Waals surface area contributed by atoms with E-state index in [0.29, 0.717) is 12.1 Å². The number of likely N-dealkylation sites (N-methyl/N-ethyl adjacent to an activating group) is 2. The first kappa shape index (κ1) is 14.5. The molecule has 0 fully saturated rings. The maximum Gasteiger partial charge on any atom is 0.256 e. The highest BCUT2D eigenvalue weighted by Crippen LogP contribution is 2.32. The van der Waals surface area contributed by atoms with E-state index in [2.05, 4.69) is 17.9 Å². The smallest absolute Gasteiger partial charge is 0.256 e. The van der Waals surface area contributed by atoms with E-state index in [1.165, 1.54) is 12.5 Å². The average molecular weight is 300 g/mol. The summed E-state index contributed by atoms with van der Waals surface area (Å²) in [6.07, 6.45) is 2.93. The molecule has 0 aliphatic carbocycles. The molecule has 5 nitrogen and oxygen atoms in total. The molecule has 0 spiro atoms. The van der Waals surface area contributed by atoms with Crippen molar-refractivity contribution in [3.8, 4) is 5.75 Å².